The lowest BCUT2D eigenvalue weighted by Gasteiger charge is -2.23. The minimum absolute atomic E-state index is 0. The highest BCUT2D eigenvalue weighted by molar-refractivity contribution is 14.0. The highest BCUT2D eigenvalue weighted by atomic mass is 127. The van der Waals surface area contributed by atoms with Crippen LogP contribution in [0.4, 0.5) is 0 Å². The maximum atomic E-state index is 9.22. The first kappa shape index (κ1) is 21.0. The molecular formula is C17H34IN3O2. The van der Waals surface area contributed by atoms with Gasteiger partial charge in [0.05, 0.1) is 18.2 Å². The monoisotopic (exact) mass is 439 g/mol. The van der Waals surface area contributed by atoms with Crippen LogP contribution in [0.5, 0.6) is 0 Å². The molecule has 0 amide bonds. The van der Waals surface area contributed by atoms with Crippen molar-refractivity contribution in [2.75, 3.05) is 19.7 Å². The largest absolute Gasteiger partial charge is 0.396 e. The van der Waals surface area contributed by atoms with Crippen LogP contribution >= 0.6 is 24.0 Å². The molecule has 5 nitrogen and oxygen atoms in total. The summed E-state index contributed by atoms with van der Waals surface area (Å²) < 4.78 is 5.90. The third-order valence-corrected chi connectivity index (χ3v) is 4.62. The molecule has 0 spiro atoms. The van der Waals surface area contributed by atoms with Gasteiger partial charge in [-0.2, -0.15) is 0 Å². The molecule has 2 saturated heterocycles. The van der Waals surface area contributed by atoms with Crippen molar-refractivity contribution in [1.29, 1.82) is 0 Å². The van der Waals surface area contributed by atoms with Gasteiger partial charge in [0.2, 0.25) is 0 Å². The van der Waals surface area contributed by atoms with Crippen molar-refractivity contribution in [3.05, 3.63) is 0 Å². The molecule has 0 aromatic carbocycles. The van der Waals surface area contributed by atoms with Crippen LogP contribution in [0.15, 0.2) is 4.99 Å². The van der Waals surface area contributed by atoms with Crippen LogP contribution < -0.4 is 10.6 Å². The molecule has 2 aliphatic heterocycles. The zero-order valence-corrected chi connectivity index (χ0v) is 17.1. The molecule has 2 bridgehead atoms. The van der Waals surface area contributed by atoms with Crippen LogP contribution in [0.2, 0.25) is 0 Å². The average Bonchev–Trinajstić information content (AvgIpc) is 3.07. The van der Waals surface area contributed by atoms with E-state index in [2.05, 4.69) is 31.4 Å². The molecule has 0 aromatic heterocycles. The summed E-state index contributed by atoms with van der Waals surface area (Å²) in [5.41, 5.74) is 0. The van der Waals surface area contributed by atoms with Crippen molar-refractivity contribution in [2.24, 2.45) is 16.8 Å². The number of fused-ring (bicyclic) bond motifs is 2. The molecule has 2 rings (SSSR count). The molecule has 0 aliphatic carbocycles. The number of hydrogen-bond acceptors (Lipinski definition) is 3. The summed E-state index contributed by atoms with van der Waals surface area (Å²) in [6.07, 6.45) is 6.23. The van der Waals surface area contributed by atoms with Crippen molar-refractivity contribution < 1.29 is 9.84 Å². The van der Waals surface area contributed by atoms with E-state index in [0.717, 1.165) is 38.3 Å². The van der Waals surface area contributed by atoms with E-state index in [0.29, 0.717) is 30.1 Å². The molecule has 2 heterocycles. The van der Waals surface area contributed by atoms with Crippen molar-refractivity contribution >= 4 is 29.9 Å². The minimum Gasteiger partial charge on any atom is -0.396 e. The van der Waals surface area contributed by atoms with Gasteiger partial charge in [-0.25, -0.2) is 0 Å². The Kier molecular flexibility index (Phi) is 9.77. The summed E-state index contributed by atoms with van der Waals surface area (Å²) in [6.45, 7) is 8.43. The lowest BCUT2D eigenvalue weighted by atomic mass is 9.94. The van der Waals surface area contributed by atoms with Crippen LogP contribution in [0.3, 0.4) is 0 Å². The number of rotatable bonds is 8. The van der Waals surface area contributed by atoms with Gasteiger partial charge in [0.25, 0.3) is 0 Å². The van der Waals surface area contributed by atoms with E-state index >= 15 is 0 Å². The summed E-state index contributed by atoms with van der Waals surface area (Å²) in [4.78, 5) is 4.76. The highest BCUT2D eigenvalue weighted by Gasteiger charge is 2.41. The lowest BCUT2D eigenvalue weighted by Crippen LogP contribution is -2.47. The molecular weight excluding hydrogens is 405 g/mol. The van der Waals surface area contributed by atoms with E-state index < -0.39 is 0 Å². The van der Waals surface area contributed by atoms with Crippen LogP contribution in [-0.4, -0.2) is 49.0 Å². The third-order valence-electron chi connectivity index (χ3n) is 4.62. The standard InChI is InChI=1S/C17H33N3O2.HI/c1-4-18-17(19-11-13(7-8-21)9-12(2)3)20-15-10-14-5-6-16(15)22-14;/h12-16,21H,4-11H2,1-3H3,(H2,18,19,20);1H. The number of halogens is 1. The summed E-state index contributed by atoms with van der Waals surface area (Å²) in [7, 11) is 0. The highest BCUT2D eigenvalue weighted by Crippen LogP contribution is 2.34. The number of hydrogen-bond donors (Lipinski definition) is 3. The maximum Gasteiger partial charge on any atom is 0.191 e. The molecule has 4 unspecified atom stereocenters. The predicted molar refractivity (Wildman–Crippen MR) is 105 cm³/mol. The van der Waals surface area contributed by atoms with Gasteiger partial charge in [0.15, 0.2) is 5.96 Å². The van der Waals surface area contributed by atoms with Gasteiger partial charge < -0.3 is 20.5 Å². The second-order valence-corrected chi connectivity index (χ2v) is 7.09. The van der Waals surface area contributed by atoms with Gasteiger partial charge >= 0.3 is 0 Å². The Labute approximate surface area is 158 Å². The Morgan fingerprint density at radius 1 is 1.35 bits per heavy atom. The normalized spacial score (nSPS) is 27.9. The zero-order chi connectivity index (χ0) is 15.9. The first-order chi connectivity index (χ1) is 10.6. The fourth-order valence-corrected chi connectivity index (χ4v) is 3.64. The topological polar surface area (TPSA) is 65.9 Å². The molecule has 0 aromatic rings. The number of ether oxygens (including phenoxy) is 1. The van der Waals surface area contributed by atoms with Crippen LogP contribution in [0.1, 0.15) is 52.9 Å². The Hall–Kier alpha value is -0.0800. The first-order valence-electron chi connectivity index (χ1n) is 8.93. The van der Waals surface area contributed by atoms with Crippen molar-refractivity contribution in [3.63, 3.8) is 0 Å². The Balaban J connectivity index is 0.00000264. The number of aliphatic hydroxyl groups excluding tert-OH is 1. The molecule has 23 heavy (non-hydrogen) atoms. The summed E-state index contributed by atoms with van der Waals surface area (Å²) >= 11 is 0. The lowest BCUT2D eigenvalue weighted by molar-refractivity contribution is 0.0992. The second kappa shape index (κ2) is 10.7. The second-order valence-electron chi connectivity index (χ2n) is 7.09. The Morgan fingerprint density at radius 3 is 2.65 bits per heavy atom. The number of nitrogens with one attached hydrogen (secondary N) is 2. The van der Waals surface area contributed by atoms with Crippen LogP contribution in [-0.2, 0) is 4.74 Å². The molecule has 6 heteroatoms. The quantitative estimate of drug-likeness (QED) is 0.309. The van der Waals surface area contributed by atoms with E-state index in [4.69, 9.17) is 9.73 Å². The molecule has 2 aliphatic rings. The van der Waals surface area contributed by atoms with Gasteiger partial charge in [-0.3, -0.25) is 4.99 Å². The van der Waals surface area contributed by atoms with E-state index in [1.165, 1.54) is 12.8 Å². The van der Waals surface area contributed by atoms with Crippen molar-refractivity contribution in [2.45, 2.75) is 71.1 Å². The van der Waals surface area contributed by atoms with Crippen LogP contribution in [0.25, 0.3) is 0 Å². The van der Waals surface area contributed by atoms with Gasteiger partial charge in [0, 0.05) is 19.7 Å². The fraction of sp³-hybridized carbons (Fsp3) is 0.941. The average molecular weight is 439 g/mol. The molecule has 0 saturated carbocycles. The van der Waals surface area contributed by atoms with E-state index in [9.17, 15) is 5.11 Å². The summed E-state index contributed by atoms with van der Waals surface area (Å²) in [5.74, 6) is 1.99. The maximum absolute atomic E-state index is 9.22. The minimum atomic E-state index is 0. The van der Waals surface area contributed by atoms with Gasteiger partial charge in [-0.05, 0) is 50.9 Å². The van der Waals surface area contributed by atoms with Crippen molar-refractivity contribution in [3.8, 4) is 0 Å². The molecule has 2 fully saturated rings. The zero-order valence-electron chi connectivity index (χ0n) is 14.8. The van der Waals surface area contributed by atoms with Gasteiger partial charge in [-0.15, -0.1) is 24.0 Å². The smallest absolute Gasteiger partial charge is 0.191 e. The molecule has 4 atom stereocenters. The Bertz CT molecular complexity index is 366. The molecule has 136 valence electrons. The number of aliphatic hydroxyl groups is 1. The third kappa shape index (κ3) is 6.74. The number of nitrogens with zero attached hydrogens (tertiary/aromatic N) is 1. The van der Waals surface area contributed by atoms with Crippen molar-refractivity contribution in [1.82, 2.24) is 10.6 Å². The van der Waals surface area contributed by atoms with E-state index in [-0.39, 0.29) is 30.6 Å². The summed E-state index contributed by atoms with van der Waals surface area (Å²) in [6, 6.07) is 0.401. The number of aliphatic imine (C=N–C) groups is 1. The molecule has 0 radical (unpaired) electrons. The predicted octanol–water partition coefficient (Wildman–Crippen LogP) is 2.52. The van der Waals surface area contributed by atoms with Crippen LogP contribution in [0, 0.1) is 11.8 Å². The van der Waals surface area contributed by atoms with Gasteiger partial charge in [0.1, 0.15) is 0 Å². The number of guanidine groups is 1. The Morgan fingerprint density at radius 2 is 2.13 bits per heavy atom. The van der Waals surface area contributed by atoms with E-state index in [1.54, 1.807) is 0 Å². The molecule has 3 N–H and O–H groups in total. The first-order valence-corrected chi connectivity index (χ1v) is 8.93. The van der Waals surface area contributed by atoms with Gasteiger partial charge in [-0.1, -0.05) is 13.8 Å². The van der Waals surface area contributed by atoms with E-state index in [1.807, 2.05) is 0 Å². The summed E-state index contributed by atoms with van der Waals surface area (Å²) in [5, 5.41) is 16.1. The fourth-order valence-electron chi connectivity index (χ4n) is 3.64. The SMILES string of the molecule is CCNC(=NCC(CCO)CC(C)C)NC1CC2CCC1O2.I.